The Morgan fingerprint density at radius 2 is 2.04 bits per heavy atom. The molecule has 0 saturated carbocycles. The van der Waals surface area contributed by atoms with Gasteiger partial charge in [0.05, 0.1) is 18.6 Å². The molecular formula is C15H17N5O3S3. The van der Waals surface area contributed by atoms with Gasteiger partial charge in [-0.05, 0) is 24.4 Å². The lowest BCUT2D eigenvalue weighted by atomic mass is 10.3. The zero-order chi connectivity index (χ0) is 18.8. The van der Waals surface area contributed by atoms with Crippen molar-refractivity contribution < 1.29 is 14.3 Å². The highest BCUT2D eigenvalue weighted by Gasteiger charge is 2.07. The summed E-state index contributed by atoms with van der Waals surface area (Å²) in [5.41, 5.74) is 5.79. The van der Waals surface area contributed by atoms with Crippen molar-refractivity contribution in [2.45, 2.75) is 0 Å². The molecule has 0 aliphatic rings. The monoisotopic (exact) mass is 411 g/mol. The van der Waals surface area contributed by atoms with Crippen LogP contribution in [0.1, 0.15) is 0 Å². The molecule has 1 aromatic heterocycles. The van der Waals surface area contributed by atoms with Gasteiger partial charge in [0.25, 0.3) is 0 Å². The predicted molar refractivity (Wildman–Crippen MR) is 109 cm³/mol. The molecule has 0 spiro atoms. The zero-order valence-corrected chi connectivity index (χ0v) is 16.2. The van der Waals surface area contributed by atoms with Crippen molar-refractivity contribution in [2.24, 2.45) is 0 Å². The number of carbonyl (C=O) groups excluding carboxylic acids is 2. The van der Waals surface area contributed by atoms with Crippen molar-refractivity contribution in [3.8, 4) is 5.75 Å². The lowest BCUT2D eigenvalue weighted by Crippen LogP contribution is -2.44. The quantitative estimate of drug-likeness (QED) is 0.404. The van der Waals surface area contributed by atoms with E-state index in [9.17, 15) is 9.59 Å². The van der Waals surface area contributed by atoms with E-state index in [-0.39, 0.29) is 28.4 Å². The van der Waals surface area contributed by atoms with E-state index in [0.29, 0.717) is 10.9 Å². The molecule has 0 aliphatic carbocycles. The Kier molecular flexibility index (Phi) is 8.12. The van der Waals surface area contributed by atoms with E-state index in [4.69, 9.17) is 17.0 Å². The third kappa shape index (κ3) is 7.25. The maximum atomic E-state index is 11.8. The van der Waals surface area contributed by atoms with Crippen LogP contribution < -0.4 is 26.2 Å². The Balaban J connectivity index is 1.61. The molecule has 8 nitrogen and oxygen atoms in total. The van der Waals surface area contributed by atoms with Gasteiger partial charge in [0.2, 0.25) is 11.8 Å². The van der Waals surface area contributed by atoms with Crippen molar-refractivity contribution >= 4 is 63.1 Å². The van der Waals surface area contributed by atoms with Gasteiger partial charge in [0.15, 0.2) is 10.2 Å². The van der Waals surface area contributed by atoms with Crippen LogP contribution in [0.25, 0.3) is 0 Å². The first-order valence-corrected chi connectivity index (χ1v) is 9.78. The molecule has 138 valence electrons. The first kappa shape index (κ1) is 19.9. The molecule has 2 amide bonds. The van der Waals surface area contributed by atoms with Crippen LogP contribution >= 0.6 is 35.3 Å². The van der Waals surface area contributed by atoms with Crippen molar-refractivity contribution in [1.82, 2.24) is 15.8 Å². The summed E-state index contributed by atoms with van der Waals surface area (Å²) in [6.07, 6.45) is 1.61. The molecule has 4 N–H and O–H groups in total. The Morgan fingerprint density at radius 1 is 1.23 bits per heavy atom. The van der Waals surface area contributed by atoms with E-state index in [0.717, 1.165) is 5.69 Å². The molecule has 0 fully saturated rings. The van der Waals surface area contributed by atoms with Gasteiger partial charge in [0, 0.05) is 23.3 Å². The number of nitrogens with one attached hydrogen (secondary N) is 4. The van der Waals surface area contributed by atoms with Crippen molar-refractivity contribution in [2.75, 3.05) is 29.2 Å². The molecule has 0 bridgehead atoms. The van der Waals surface area contributed by atoms with Crippen LogP contribution in [0.5, 0.6) is 5.75 Å². The van der Waals surface area contributed by atoms with Crippen molar-refractivity contribution in [3.05, 3.63) is 35.8 Å². The number of hydrogen-bond acceptors (Lipinski definition) is 7. The second kappa shape index (κ2) is 10.6. The molecule has 11 heteroatoms. The number of amides is 2. The highest BCUT2D eigenvalue weighted by molar-refractivity contribution is 8.00. The molecule has 0 unspecified atom stereocenters. The third-order valence-electron chi connectivity index (χ3n) is 2.79. The number of anilines is 2. The molecule has 0 aliphatic heterocycles. The number of benzene rings is 1. The van der Waals surface area contributed by atoms with E-state index in [2.05, 4.69) is 26.5 Å². The molecular weight excluding hydrogens is 394 g/mol. The number of thioether (sulfide) groups is 1. The number of ether oxygens (including phenoxy) is 1. The highest BCUT2D eigenvalue weighted by atomic mass is 32.2. The summed E-state index contributed by atoms with van der Waals surface area (Å²) < 4.78 is 5.12. The number of thiocarbonyl (C=S) groups is 1. The SMILES string of the molecule is COc1cccc(NC(=S)NNC(=O)CSCC(=O)Nc2nccs2)c1. The van der Waals surface area contributed by atoms with Gasteiger partial charge in [-0.3, -0.25) is 20.4 Å². The Labute approximate surface area is 164 Å². The van der Waals surface area contributed by atoms with Crippen molar-refractivity contribution in [3.63, 3.8) is 0 Å². The van der Waals surface area contributed by atoms with E-state index < -0.39 is 0 Å². The summed E-state index contributed by atoms with van der Waals surface area (Å²) in [5.74, 6) is 0.446. The van der Waals surface area contributed by atoms with Crippen LogP contribution in [0.3, 0.4) is 0 Å². The number of hydrogen-bond donors (Lipinski definition) is 4. The van der Waals surface area contributed by atoms with Crippen LogP contribution in [-0.2, 0) is 9.59 Å². The number of rotatable bonds is 7. The number of hydrazine groups is 1. The molecule has 0 atom stereocenters. The molecule has 26 heavy (non-hydrogen) atoms. The fraction of sp³-hybridized carbons (Fsp3) is 0.200. The van der Waals surface area contributed by atoms with Crippen LogP contribution in [0, 0.1) is 0 Å². The summed E-state index contributed by atoms with van der Waals surface area (Å²) in [7, 11) is 1.57. The largest absolute Gasteiger partial charge is 0.497 e. The molecule has 0 saturated heterocycles. The van der Waals surface area contributed by atoms with Gasteiger partial charge >= 0.3 is 0 Å². The van der Waals surface area contributed by atoms with Gasteiger partial charge in [-0.2, -0.15) is 0 Å². The second-order valence-corrected chi connectivity index (χ2v) is 7.03. The van der Waals surface area contributed by atoms with Gasteiger partial charge in [-0.25, -0.2) is 4.98 Å². The molecule has 0 radical (unpaired) electrons. The predicted octanol–water partition coefficient (Wildman–Crippen LogP) is 1.84. The Morgan fingerprint density at radius 3 is 2.77 bits per heavy atom. The van der Waals surface area contributed by atoms with Crippen LogP contribution in [0.4, 0.5) is 10.8 Å². The molecule has 2 aromatic rings. The number of nitrogens with zero attached hydrogens (tertiary/aromatic N) is 1. The smallest absolute Gasteiger partial charge is 0.248 e. The maximum Gasteiger partial charge on any atom is 0.248 e. The first-order valence-electron chi connectivity index (χ1n) is 7.34. The average molecular weight is 412 g/mol. The lowest BCUT2D eigenvalue weighted by Gasteiger charge is -2.12. The average Bonchev–Trinajstić information content (AvgIpc) is 3.13. The summed E-state index contributed by atoms with van der Waals surface area (Å²) in [4.78, 5) is 27.4. The first-order chi connectivity index (χ1) is 12.6. The number of thiazole rings is 1. The van der Waals surface area contributed by atoms with E-state index in [1.807, 2.05) is 18.2 Å². The van der Waals surface area contributed by atoms with Crippen LogP contribution in [0.2, 0.25) is 0 Å². The summed E-state index contributed by atoms with van der Waals surface area (Å²) in [6.45, 7) is 0. The minimum atomic E-state index is -0.299. The van der Waals surface area contributed by atoms with Gasteiger partial charge in [-0.1, -0.05) is 6.07 Å². The minimum Gasteiger partial charge on any atom is -0.497 e. The van der Waals surface area contributed by atoms with Crippen molar-refractivity contribution in [1.29, 1.82) is 0 Å². The fourth-order valence-corrected chi connectivity index (χ4v) is 3.03. The maximum absolute atomic E-state index is 11.8. The van der Waals surface area contributed by atoms with Crippen LogP contribution in [0.15, 0.2) is 35.8 Å². The fourth-order valence-electron chi connectivity index (χ4n) is 1.70. The number of methoxy groups -OCH3 is 1. The number of aromatic nitrogens is 1. The molecule has 1 aromatic carbocycles. The van der Waals surface area contributed by atoms with E-state index in [1.165, 1.54) is 23.1 Å². The zero-order valence-electron chi connectivity index (χ0n) is 13.8. The van der Waals surface area contributed by atoms with E-state index >= 15 is 0 Å². The normalized spacial score (nSPS) is 9.88. The topological polar surface area (TPSA) is 104 Å². The van der Waals surface area contributed by atoms with Crippen LogP contribution in [-0.4, -0.2) is 40.5 Å². The highest BCUT2D eigenvalue weighted by Crippen LogP contribution is 2.16. The second-order valence-electron chi connectivity index (χ2n) is 4.74. The lowest BCUT2D eigenvalue weighted by molar-refractivity contribution is -0.119. The number of carbonyl (C=O) groups is 2. The standard InChI is InChI=1S/C15H17N5O3S3/c1-23-11-4-2-3-10(7-11)17-14(24)20-19-13(22)9-25-8-12(21)18-15-16-5-6-26-15/h2-7H,8-9H2,1H3,(H,19,22)(H,16,18,21)(H2,17,20,24). The summed E-state index contributed by atoms with van der Waals surface area (Å²) in [6, 6.07) is 7.21. The molecule has 1 heterocycles. The van der Waals surface area contributed by atoms with E-state index in [1.54, 1.807) is 24.8 Å². The summed E-state index contributed by atoms with van der Waals surface area (Å²) in [5, 5.41) is 8.10. The Hall–Kier alpha value is -2.37. The van der Waals surface area contributed by atoms with Gasteiger partial charge < -0.3 is 15.4 Å². The Bertz CT molecular complexity index is 755. The van der Waals surface area contributed by atoms with Gasteiger partial charge in [0.1, 0.15) is 5.75 Å². The third-order valence-corrected chi connectivity index (χ3v) is 4.61. The van der Waals surface area contributed by atoms with Gasteiger partial charge in [-0.15, -0.1) is 23.1 Å². The summed E-state index contributed by atoms with van der Waals surface area (Å²) >= 11 is 7.62. The minimum absolute atomic E-state index is 0.111. The molecule has 2 rings (SSSR count).